The van der Waals surface area contributed by atoms with Gasteiger partial charge in [-0.05, 0) is 107 Å². The fraction of sp³-hybridized carbons (Fsp3) is 0.378. The van der Waals surface area contributed by atoms with Gasteiger partial charge < -0.3 is 34.3 Å². The summed E-state index contributed by atoms with van der Waals surface area (Å²) in [5.41, 5.74) is 5.99. The zero-order valence-corrected chi connectivity index (χ0v) is 31.0. The van der Waals surface area contributed by atoms with Gasteiger partial charge in [-0.2, -0.15) is 0 Å². The first-order chi connectivity index (χ1) is 26.1. The van der Waals surface area contributed by atoms with E-state index in [4.69, 9.17) is 18.9 Å². The molecule has 9 heteroatoms. The van der Waals surface area contributed by atoms with E-state index >= 15 is 0 Å². The van der Waals surface area contributed by atoms with Crippen molar-refractivity contribution in [3.63, 3.8) is 0 Å². The van der Waals surface area contributed by atoms with Gasteiger partial charge in [0, 0.05) is 24.7 Å². The van der Waals surface area contributed by atoms with Crippen molar-refractivity contribution < 1.29 is 43.9 Å². The predicted octanol–water partition coefficient (Wildman–Crippen LogP) is 7.25. The Morgan fingerprint density at radius 3 is 2.26 bits per heavy atom. The zero-order valence-electron chi connectivity index (χ0n) is 31.0. The summed E-state index contributed by atoms with van der Waals surface area (Å²) in [6, 6.07) is 24.8. The van der Waals surface area contributed by atoms with Gasteiger partial charge in [0.05, 0.1) is 27.2 Å². The lowest BCUT2D eigenvalue weighted by atomic mass is 9.49. The summed E-state index contributed by atoms with van der Waals surface area (Å²) in [6.45, 7) is 1.29. The van der Waals surface area contributed by atoms with Crippen molar-refractivity contribution in [3.8, 4) is 23.0 Å². The third-order valence-corrected chi connectivity index (χ3v) is 11.9. The molecule has 0 amide bonds. The Morgan fingerprint density at radius 1 is 0.815 bits per heavy atom. The molecule has 0 aliphatic heterocycles. The van der Waals surface area contributed by atoms with Crippen molar-refractivity contribution in [2.45, 2.75) is 76.6 Å². The third kappa shape index (κ3) is 7.42. The number of phenols is 2. The minimum atomic E-state index is -0.608. The first-order valence-electron chi connectivity index (χ1n) is 18.7. The molecule has 0 spiro atoms. The lowest BCUT2D eigenvalue weighted by Crippen LogP contribution is -2.54. The second kappa shape index (κ2) is 15.6. The third-order valence-electron chi connectivity index (χ3n) is 11.9. The molecular weight excluding hydrogens is 684 g/mol. The molecule has 0 aromatic heterocycles. The number of benzene rings is 4. The van der Waals surface area contributed by atoms with E-state index in [-0.39, 0.29) is 48.7 Å². The van der Waals surface area contributed by atoms with Gasteiger partial charge in [-0.25, -0.2) is 0 Å². The number of phenolic OH excluding ortho intramolecular Hbond substituents is 2. The first-order valence-corrected chi connectivity index (χ1v) is 18.7. The van der Waals surface area contributed by atoms with Crippen LogP contribution in [0.2, 0.25) is 0 Å². The topological polar surface area (TPSA) is 132 Å². The highest BCUT2D eigenvalue weighted by molar-refractivity contribution is 5.73. The molecule has 6 atom stereocenters. The highest BCUT2D eigenvalue weighted by atomic mass is 16.6. The maximum atomic E-state index is 13.7. The summed E-state index contributed by atoms with van der Waals surface area (Å²) < 4.78 is 23.9. The normalized spacial score (nSPS) is 24.5. The van der Waals surface area contributed by atoms with Crippen LogP contribution in [0.15, 0.2) is 84.9 Å². The number of esters is 2. The number of aromatic hydroxyl groups is 2. The molecule has 3 N–H and O–H groups in total. The molecule has 7 rings (SSSR count). The SMILES string of the molecule is COc1cc2c(cc1O)CC1(C=Cc3ccccc3)C(C2)C(OC(C)=O)CC(OC(=O)Cc2cccc(CO)c2)CC2c3cc(OC)c(O)cc3CCC21. The molecule has 0 radical (unpaired) electrons. The van der Waals surface area contributed by atoms with E-state index < -0.39 is 29.6 Å². The molecule has 4 aromatic carbocycles. The fourth-order valence-corrected chi connectivity index (χ4v) is 9.56. The number of hydrogen-bond donors (Lipinski definition) is 3. The molecule has 9 nitrogen and oxygen atoms in total. The highest BCUT2D eigenvalue weighted by Gasteiger charge is 2.56. The van der Waals surface area contributed by atoms with Crippen LogP contribution in [0.3, 0.4) is 0 Å². The number of aliphatic hydroxyl groups excluding tert-OH is 1. The quantitative estimate of drug-likeness (QED) is 0.152. The number of carbonyl (C=O) groups is 2. The van der Waals surface area contributed by atoms with E-state index in [1.807, 2.05) is 48.5 Å². The molecular formula is C45H48O9. The summed E-state index contributed by atoms with van der Waals surface area (Å²) in [5, 5.41) is 31.5. The van der Waals surface area contributed by atoms with Crippen molar-refractivity contribution in [3.05, 3.63) is 124 Å². The maximum Gasteiger partial charge on any atom is 0.310 e. The molecule has 3 aliphatic carbocycles. The van der Waals surface area contributed by atoms with E-state index in [0.29, 0.717) is 42.7 Å². The van der Waals surface area contributed by atoms with Crippen molar-refractivity contribution in [1.82, 2.24) is 0 Å². The molecule has 0 heterocycles. The average molecular weight is 733 g/mol. The van der Waals surface area contributed by atoms with E-state index in [2.05, 4.69) is 24.3 Å². The number of allylic oxidation sites excluding steroid dienone is 1. The average Bonchev–Trinajstić information content (AvgIpc) is 3.15. The van der Waals surface area contributed by atoms with Crippen LogP contribution in [0.5, 0.6) is 23.0 Å². The van der Waals surface area contributed by atoms with E-state index in [1.54, 1.807) is 25.3 Å². The van der Waals surface area contributed by atoms with Gasteiger partial charge in [-0.15, -0.1) is 0 Å². The van der Waals surface area contributed by atoms with Crippen LogP contribution in [0.1, 0.15) is 71.0 Å². The Hall–Kier alpha value is -5.28. The molecule has 0 saturated heterocycles. The van der Waals surface area contributed by atoms with Gasteiger partial charge in [0.15, 0.2) is 23.0 Å². The summed E-state index contributed by atoms with van der Waals surface area (Å²) >= 11 is 0. The molecule has 1 saturated carbocycles. The summed E-state index contributed by atoms with van der Waals surface area (Å²) in [5.74, 6) is -0.301. The Bertz CT molecular complexity index is 2040. The molecule has 4 aromatic rings. The van der Waals surface area contributed by atoms with Crippen LogP contribution in [0, 0.1) is 17.3 Å². The number of rotatable bonds is 9. The van der Waals surface area contributed by atoms with Crippen LogP contribution in [-0.4, -0.2) is 53.7 Å². The van der Waals surface area contributed by atoms with Gasteiger partial charge in [0.2, 0.25) is 0 Å². The molecule has 1 fully saturated rings. The zero-order chi connectivity index (χ0) is 38.0. The van der Waals surface area contributed by atoms with Gasteiger partial charge >= 0.3 is 11.9 Å². The van der Waals surface area contributed by atoms with E-state index in [9.17, 15) is 24.9 Å². The summed E-state index contributed by atoms with van der Waals surface area (Å²) in [7, 11) is 3.07. The molecule has 6 unspecified atom stereocenters. The van der Waals surface area contributed by atoms with Crippen LogP contribution in [0.4, 0.5) is 0 Å². The number of hydrogen-bond acceptors (Lipinski definition) is 9. The van der Waals surface area contributed by atoms with Crippen molar-refractivity contribution in [2.75, 3.05) is 14.2 Å². The second-order valence-electron chi connectivity index (χ2n) is 15.0. The number of fused-ring (bicyclic) bond motifs is 6. The number of aliphatic hydroxyl groups is 1. The summed E-state index contributed by atoms with van der Waals surface area (Å²) in [6.07, 6.45) is 6.60. The largest absolute Gasteiger partial charge is 0.504 e. The Balaban J connectivity index is 1.39. The van der Waals surface area contributed by atoms with E-state index in [0.717, 1.165) is 39.8 Å². The van der Waals surface area contributed by atoms with Crippen LogP contribution < -0.4 is 9.47 Å². The van der Waals surface area contributed by atoms with Crippen LogP contribution in [0.25, 0.3) is 6.08 Å². The van der Waals surface area contributed by atoms with Crippen LogP contribution in [-0.2, 0) is 51.4 Å². The summed E-state index contributed by atoms with van der Waals surface area (Å²) in [4.78, 5) is 26.7. The lowest BCUT2D eigenvalue weighted by molar-refractivity contribution is -0.164. The highest BCUT2D eigenvalue weighted by Crippen LogP contribution is 2.60. The van der Waals surface area contributed by atoms with Crippen molar-refractivity contribution >= 4 is 18.0 Å². The Kier molecular flexibility index (Phi) is 10.7. The smallest absolute Gasteiger partial charge is 0.310 e. The van der Waals surface area contributed by atoms with E-state index in [1.165, 1.54) is 14.0 Å². The van der Waals surface area contributed by atoms with Gasteiger partial charge in [-0.3, -0.25) is 9.59 Å². The number of aryl methyl sites for hydroxylation is 1. The van der Waals surface area contributed by atoms with Gasteiger partial charge in [0.1, 0.15) is 12.2 Å². The first kappa shape index (κ1) is 37.1. The lowest BCUT2D eigenvalue weighted by Gasteiger charge is -2.56. The standard InChI is InChI=1S/C45H48O9/c1-27(47)53-41-23-34(54-44(50)17-29-10-7-11-30(16-29)26-46)22-36-35-24-43(52-3)39(48)19-31(35)12-13-37(36)45(15-14-28-8-5-4-6-9-28)25-33-20-40(49)42(51-2)21-32(33)18-38(41)45/h4-11,14-16,19-21,24,34,36-38,41,46,48-49H,12-13,17-18,22-23,25-26H2,1-3H3. The van der Waals surface area contributed by atoms with Crippen molar-refractivity contribution in [2.24, 2.45) is 17.3 Å². The second-order valence-corrected chi connectivity index (χ2v) is 15.0. The molecule has 3 aliphatic rings. The van der Waals surface area contributed by atoms with Crippen molar-refractivity contribution in [1.29, 1.82) is 0 Å². The minimum Gasteiger partial charge on any atom is -0.504 e. The van der Waals surface area contributed by atoms with Crippen LogP contribution >= 0.6 is 0 Å². The predicted molar refractivity (Wildman–Crippen MR) is 203 cm³/mol. The number of ether oxygens (including phenoxy) is 4. The van der Waals surface area contributed by atoms with Gasteiger partial charge in [-0.1, -0.05) is 66.7 Å². The number of carbonyl (C=O) groups excluding carboxylic acids is 2. The fourth-order valence-electron chi connectivity index (χ4n) is 9.56. The molecule has 282 valence electrons. The Labute approximate surface area is 316 Å². The Morgan fingerprint density at radius 2 is 1.54 bits per heavy atom. The number of methoxy groups -OCH3 is 2. The molecule has 0 bridgehead atoms. The molecule has 54 heavy (non-hydrogen) atoms. The maximum absolute atomic E-state index is 13.7. The minimum absolute atomic E-state index is 0.0256. The monoisotopic (exact) mass is 732 g/mol. The van der Waals surface area contributed by atoms with Gasteiger partial charge in [0.25, 0.3) is 0 Å².